The first-order valence-electron chi connectivity index (χ1n) is 9.81. The van der Waals surface area contributed by atoms with Crippen molar-refractivity contribution < 1.29 is 9.18 Å². The number of hydrogen-bond donors (Lipinski definition) is 1. The van der Waals surface area contributed by atoms with Gasteiger partial charge in [-0.2, -0.15) is 0 Å². The molecule has 2 fully saturated rings. The van der Waals surface area contributed by atoms with Crippen LogP contribution < -0.4 is 5.32 Å². The molecule has 0 unspecified atom stereocenters. The Hall–Kier alpha value is -1.86. The van der Waals surface area contributed by atoms with Crippen molar-refractivity contribution >= 4 is 22.9 Å². The minimum atomic E-state index is -0.329. The van der Waals surface area contributed by atoms with Crippen molar-refractivity contribution in [3.63, 3.8) is 0 Å². The second kappa shape index (κ2) is 8.44. The predicted molar refractivity (Wildman–Crippen MR) is 104 cm³/mol. The molecule has 1 heterocycles. The van der Waals surface area contributed by atoms with Crippen LogP contribution in [0.1, 0.15) is 59.8 Å². The van der Waals surface area contributed by atoms with Crippen LogP contribution in [-0.2, 0) is 6.54 Å². The van der Waals surface area contributed by atoms with Gasteiger partial charge in [-0.1, -0.05) is 30.6 Å². The van der Waals surface area contributed by atoms with E-state index in [0.29, 0.717) is 16.7 Å². The quantitative estimate of drug-likeness (QED) is 0.760. The zero-order chi connectivity index (χ0) is 18.6. The lowest BCUT2D eigenvalue weighted by atomic mass is 9.89. The van der Waals surface area contributed by atoms with Crippen LogP contribution in [0.15, 0.2) is 24.3 Å². The molecule has 0 radical (unpaired) electrons. The van der Waals surface area contributed by atoms with Gasteiger partial charge in [-0.3, -0.25) is 9.69 Å². The van der Waals surface area contributed by atoms with Gasteiger partial charge in [-0.15, -0.1) is 10.2 Å². The standard InChI is InChI=1S/C20H25FN4OS/c21-15-6-8-16(9-7-15)22-19(26)20-24-23-18(27-20)13-25(17-10-11-17)12-14-4-2-1-3-5-14/h6-9,14,17H,1-5,10-13H2,(H,22,26). The molecule has 1 amide bonds. The van der Waals surface area contributed by atoms with Gasteiger partial charge in [0.25, 0.3) is 5.91 Å². The van der Waals surface area contributed by atoms with Gasteiger partial charge in [0.05, 0.1) is 6.54 Å². The zero-order valence-corrected chi connectivity index (χ0v) is 16.2. The van der Waals surface area contributed by atoms with E-state index >= 15 is 0 Å². The number of hydrogen-bond acceptors (Lipinski definition) is 5. The molecule has 5 nitrogen and oxygen atoms in total. The van der Waals surface area contributed by atoms with Gasteiger partial charge in [-0.05, 0) is 55.9 Å². The first kappa shape index (κ1) is 18.5. The van der Waals surface area contributed by atoms with E-state index in [1.54, 1.807) is 0 Å². The Morgan fingerprint density at radius 2 is 1.85 bits per heavy atom. The lowest BCUT2D eigenvalue weighted by Gasteiger charge is -2.29. The molecule has 0 atom stereocenters. The lowest BCUT2D eigenvalue weighted by molar-refractivity contribution is 0.102. The molecule has 2 aliphatic carbocycles. The van der Waals surface area contributed by atoms with Crippen molar-refractivity contribution in [1.82, 2.24) is 15.1 Å². The number of rotatable bonds is 7. The molecule has 0 aliphatic heterocycles. The Bertz CT molecular complexity index is 769. The van der Waals surface area contributed by atoms with Crippen molar-refractivity contribution in [2.24, 2.45) is 5.92 Å². The Balaban J connectivity index is 1.35. The summed E-state index contributed by atoms with van der Waals surface area (Å²) >= 11 is 1.35. The summed E-state index contributed by atoms with van der Waals surface area (Å²) in [6.45, 7) is 1.92. The molecule has 0 bridgehead atoms. The molecule has 7 heteroatoms. The molecule has 2 saturated carbocycles. The van der Waals surface area contributed by atoms with E-state index in [4.69, 9.17) is 0 Å². The predicted octanol–water partition coefficient (Wildman–Crippen LogP) is 4.47. The largest absolute Gasteiger partial charge is 0.320 e. The Kier molecular flexibility index (Phi) is 5.78. The van der Waals surface area contributed by atoms with Crippen LogP contribution in [0.25, 0.3) is 0 Å². The molecular weight excluding hydrogens is 363 g/mol. The molecule has 4 rings (SSSR count). The van der Waals surface area contributed by atoms with Gasteiger partial charge < -0.3 is 5.32 Å². The first-order chi connectivity index (χ1) is 13.2. The average molecular weight is 389 g/mol. The molecule has 0 saturated heterocycles. The third-order valence-corrected chi connectivity index (χ3v) is 6.29. The van der Waals surface area contributed by atoms with Crippen LogP contribution in [0, 0.1) is 11.7 Å². The number of anilines is 1. The van der Waals surface area contributed by atoms with Crippen LogP contribution in [0.2, 0.25) is 0 Å². The fourth-order valence-electron chi connectivity index (χ4n) is 3.78. The van der Waals surface area contributed by atoms with Gasteiger partial charge in [-0.25, -0.2) is 4.39 Å². The van der Waals surface area contributed by atoms with Crippen LogP contribution >= 0.6 is 11.3 Å². The molecule has 1 aromatic heterocycles. The summed E-state index contributed by atoms with van der Waals surface area (Å²) < 4.78 is 13.0. The average Bonchev–Trinajstić information content (AvgIpc) is 3.43. The number of benzene rings is 1. The second-order valence-electron chi connectivity index (χ2n) is 7.63. The number of carbonyl (C=O) groups is 1. The molecule has 2 aromatic rings. The van der Waals surface area contributed by atoms with E-state index in [1.807, 2.05) is 0 Å². The number of amides is 1. The van der Waals surface area contributed by atoms with Gasteiger partial charge in [0.2, 0.25) is 5.01 Å². The lowest BCUT2D eigenvalue weighted by Crippen LogP contribution is -2.32. The van der Waals surface area contributed by atoms with E-state index < -0.39 is 0 Å². The number of aromatic nitrogens is 2. The highest BCUT2D eigenvalue weighted by atomic mass is 32.1. The summed E-state index contributed by atoms with van der Waals surface area (Å²) in [5.41, 5.74) is 0.551. The monoisotopic (exact) mass is 388 g/mol. The van der Waals surface area contributed by atoms with Crippen molar-refractivity contribution in [3.8, 4) is 0 Å². The van der Waals surface area contributed by atoms with E-state index in [-0.39, 0.29) is 11.7 Å². The topological polar surface area (TPSA) is 58.1 Å². The smallest absolute Gasteiger partial charge is 0.286 e. The number of carbonyl (C=O) groups excluding carboxylic acids is 1. The molecule has 27 heavy (non-hydrogen) atoms. The third kappa shape index (κ3) is 5.11. The van der Waals surface area contributed by atoms with E-state index in [9.17, 15) is 9.18 Å². The maximum atomic E-state index is 13.0. The summed E-state index contributed by atoms with van der Waals surface area (Å²) in [5, 5.41) is 12.3. The fraction of sp³-hybridized carbons (Fsp3) is 0.550. The summed E-state index contributed by atoms with van der Waals surface area (Å²) in [5.74, 6) is 0.175. The summed E-state index contributed by atoms with van der Waals surface area (Å²) in [7, 11) is 0. The highest BCUT2D eigenvalue weighted by Gasteiger charge is 2.31. The van der Waals surface area contributed by atoms with Crippen LogP contribution in [-0.4, -0.2) is 33.6 Å². The zero-order valence-electron chi connectivity index (χ0n) is 15.4. The minimum absolute atomic E-state index is 0.296. The van der Waals surface area contributed by atoms with Gasteiger partial charge in [0.1, 0.15) is 10.8 Å². The molecule has 144 valence electrons. The van der Waals surface area contributed by atoms with E-state index in [0.717, 1.165) is 24.0 Å². The minimum Gasteiger partial charge on any atom is -0.320 e. The molecule has 0 spiro atoms. The van der Waals surface area contributed by atoms with Crippen molar-refractivity contribution in [2.45, 2.75) is 57.5 Å². The third-order valence-electron chi connectivity index (χ3n) is 5.38. The van der Waals surface area contributed by atoms with E-state index in [1.165, 1.54) is 80.5 Å². The summed E-state index contributed by atoms with van der Waals surface area (Å²) in [4.78, 5) is 14.9. The van der Waals surface area contributed by atoms with Gasteiger partial charge >= 0.3 is 0 Å². The summed E-state index contributed by atoms with van der Waals surface area (Å²) in [6.07, 6.45) is 9.30. The number of nitrogens with zero attached hydrogens (tertiary/aromatic N) is 3. The Morgan fingerprint density at radius 3 is 2.56 bits per heavy atom. The molecule has 1 aromatic carbocycles. The molecule has 2 aliphatic rings. The number of halogens is 1. The van der Waals surface area contributed by atoms with Crippen molar-refractivity contribution in [3.05, 3.63) is 40.1 Å². The van der Waals surface area contributed by atoms with Crippen LogP contribution in [0.4, 0.5) is 10.1 Å². The molecular formula is C20H25FN4OS. The summed E-state index contributed by atoms with van der Waals surface area (Å²) in [6, 6.07) is 6.38. The first-order valence-corrected chi connectivity index (χ1v) is 10.6. The van der Waals surface area contributed by atoms with Gasteiger partial charge in [0.15, 0.2) is 0 Å². The van der Waals surface area contributed by atoms with Crippen molar-refractivity contribution in [1.29, 1.82) is 0 Å². The normalized spacial score (nSPS) is 18.0. The second-order valence-corrected chi connectivity index (χ2v) is 8.69. The van der Waals surface area contributed by atoms with Crippen molar-refractivity contribution in [2.75, 3.05) is 11.9 Å². The maximum absolute atomic E-state index is 13.0. The van der Waals surface area contributed by atoms with Crippen LogP contribution in [0.3, 0.4) is 0 Å². The SMILES string of the molecule is O=C(Nc1ccc(F)cc1)c1nnc(CN(CC2CCCCC2)C2CC2)s1. The number of nitrogens with one attached hydrogen (secondary N) is 1. The maximum Gasteiger partial charge on any atom is 0.286 e. The Morgan fingerprint density at radius 1 is 1.11 bits per heavy atom. The Labute approximate surface area is 163 Å². The highest BCUT2D eigenvalue weighted by Crippen LogP contribution is 2.32. The molecule has 1 N–H and O–H groups in total. The van der Waals surface area contributed by atoms with Gasteiger partial charge in [0, 0.05) is 18.3 Å². The van der Waals surface area contributed by atoms with Crippen LogP contribution in [0.5, 0.6) is 0 Å². The highest BCUT2D eigenvalue weighted by molar-refractivity contribution is 7.13. The van der Waals surface area contributed by atoms with E-state index in [2.05, 4.69) is 20.4 Å². The fourth-order valence-corrected chi connectivity index (χ4v) is 4.55.